The maximum atomic E-state index is 11.3. The molecule has 3 heterocycles. The first-order valence-corrected chi connectivity index (χ1v) is 10.9. The maximum absolute atomic E-state index is 11.3. The van der Waals surface area contributed by atoms with Crippen molar-refractivity contribution in [2.75, 3.05) is 0 Å². The van der Waals surface area contributed by atoms with E-state index in [2.05, 4.69) is 68.6 Å². The van der Waals surface area contributed by atoms with Gasteiger partial charge in [-0.05, 0) is 46.7 Å². The van der Waals surface area contributed by atoms with Gasteiger partial charge in [0.1, 0.15) is 11.6 Å². The van der Waals surface area contributed by atoms with E-state index in [0.29, 0.717) is 11.4 Å². The minimum Gasteiger partial charge on any atom is -0.507 e. The Morgan fingerprint density at radius 3 is 2.03 bits per heavy atom. The number of phenols is 1. The molecule has 0 aliphatic carbocycles. The number of benzene rings is 2. The van der Waals surface area contributed by atoms with Crippen molar-refractivity contribution >= 4 is 32.8 Å². The molecule has 5 heteroatoms. The number of H-pyrrole nitrogens is 1. The number of aromatic amines is 1. The summed E-state index contributed by atoms with van der Waals surface area (Å²) >= 11 is 0. The minimum absolute atomic E-state index is 0.0678. The Kier molecular flexibility index (Phi) is 4.32. The van der Waals surface area contributed by atoms with E-state index < -0.39 is 0 Å². The number of pyridine rings is 2. The van der Waals surface area contributed by atoms with E-state index in [1.807, 2.05) is 24.3 Å². The lowest BCUT2D eigenvalue weighted by Crippen LogP contribution is -2.17. The number of phenolic OH excluding ortho intramolecular Hbond substituents is 1. The Morgan fingerprint density at radius 2 is 1.41 bits per heavy atom. The van der Waals surface area contributed by atoms with E-state index in [9.17, 15) is 5.11 Å². The third kappa shape index (κ3) is 3.11. The van der Waals surface area contributed by atoms with Crippen LogP contribution in [0.15, 0.2) is 48.8 Å². The molecule has 0 atom stereocenters. The van der Waals surface area contributed by atoms with Crippen LogP contribution in [0.2, 0.25) is 0 Å². The van der Waals surface area contributed by atoms with Gasteiger partial charge >= 0.3 is 0 Å². The predicted molar refractivity (Wildman–Crippen MR) is 131 cm³/mol. The monoisotopic (exact) mass is 424 g/mol. The first-order valence-electron chi connectivity index (χ1n) is 10.9. The Hall–Kier alpha value is -3.47. The van der Waals surface area contributed by atoms with Gasteiger partial charge in [0.2, 0.25) is 0 Å². The van der Waals surface area contributed by atoms with Gasteiger partial charge in [-0.3, -0.25) is 9.97 Å². The van der Waals surface area contributed by atoms with Crippen LogP contribution in [-0.4, -0.2) is 25.0 Å². The van der Waals surface area contributed by atoms with Crippen molar-refractivity contribution in [2.24, 2.45) is 0 Å². The van der Waals surface area contributed by atoms with E-state index in [0.717, 1.165) is 44.0 Å². The number of imidazole rings is 1. The van der Waals surface area contributed by atoms with Crippen LogP contribution in [0.5, 0.6) is 5.75 Å². The zero-order valence-electron chi connectivity index (χ0n) is 19.4. The summed E-state index contributed by atoms with van der Waals surface area (Å²) in [5, 5.41) is 13.2. The number of aromatic hydroxyl groups is 1. The standard InChI is InChI=1S/C27H28N4O/c1-26(2,3)15-13-18(24(32)19(14-15)27(4,5)6)25-30-22-16-9-7-11-28-20(16)21-17(23(22)31-25)10-8-12-29-21/h7-14,32H,1-6H3,(H,30,31). The Bertz CT molecular complexity index is 1430. The fourth-order valence-electron chi connectivity index (χ4n) is 4.29. The quantitative estimate of drug-likeness (QED) is 0.296. The molecule has 0 amide bonds. The van der Waals surface area contributed by atoms with Crippen molar-refractivity contribution in [1.29, 1.82) is 0 Å². The van der Waals surface area contributed by atoms with Crippen molar-refractivity contribution in [3.05, 3.63) is 59.9 Å². The molecule has 162 valence electrons. The van der Waals surface area contributed by atoms with Gasteiger partial charge in [0, 0.05) is 28.7 Å². The average Bonchev–Trinajstić information content (AvgIpc) is 3.18. The number of nitrogens with one attached hydrogen (secondary N) is 1. The summed E-state index contributed by atoms with van der Waals surface area (Å²) in [4.78, 5) is 17.7. The number of hydrogen-bond acceptors (Lipinski definition) is 4. The number of fused-ring (bicyclic) bond motifs is 6. The largest absolute Gasteiger partial charge is 0.507 e. The van der Waals surface area contributed by atoms with E-state index in [4.69, 9.17) is 4.98 Å². The SMILES string of the molecule is CC(C)(C)c1cc(-c2nc3c4cccnc4c4ncccc4c3[nH]2)c(O)c(C(C)(C)C)c1. The molecule has 2 aromatic carbocycles. The molecule has 5 nitrogen and oxygen atoms in total. The summed E-state index contributed by atoms with van der Waals surface area (Å²) in [7, 11) is 0. The van der Waals surface area contributed by atoms with E-state index in [1.54, 1.807) is 12.4 Å². The topological polar surface area (TPSA) is 74.7 Å². The molecule has 0 bridgehead atoms. The van der Waals surface area contributed by atoms with Crippen molar-refractivity contribution in [3.63, 3.8) is 0 Å². The molecule has 3 aromatic heterocycles. The molecule has 0 fully saturated rings. The summed E-state index contributed by atoms with van der Waals surface area (Å²) in [6.45, 7) is 12.9. The fraction of sp³-hybridized carbons (Fsp3) is 0.296. The number of nitrogens with zero attached hydrogens (tertiary/aromatic N) is 3. The molecule has 0 saturated carbocycles. The van der Waals surface area contributed by atoms with Crippen LogP contribution >= 0.6 is 0 Å². The molecule has 0 aliphatic heterocycles. The Morgan fingerprint density at radius 1 is 0.781 bits per heavy atom. The molecule has 0 radical (unpaired) electrons. The van der Waals surface area contributed by atoms with Crippen LogP contribution in [0.1, 0.15) is 52.7 Å². The summed E-state index contributed by atoms with van der Waals surface area (Å²) in [6.07, 6.45) is 3.57. The van der Waals surface area contributed by atoms with Gasteiger partial charge in [-0.1, -0.05) is 47.6 Å². The highest BCUT2D eigenvalue weighted by atomic mass is 16.3. The number of aromatic nitrogens is 4. The molecule has 0 saturated heterocycles. The molecular weight excluding hydrogens is 396 g/mol. The fourth-order valence-corrected chi connectivity index (χ4v) is 4.29. The maximum Gasteiger partial charge on any atom is 0.142 e. The van der Waals surface area contributed by atoms with Crippen molar-refractivity contribution < 1.29 is 5.11 Å². The zero-order chi connectivity index (χ0) is 22.8. The summed E-state index contributed by atoms with van der Waals surface area (Å²) in [6, 6.07) is 12.1. The van der Waals surface area contributed by atoms with Gasteiger partial charge in [-0.15, -0.1) is 0 Å². The van der Waals surface area contributed by atoms with Crippen LogP contribution in [-0.2, 0) is 10.8 Å². The average molecular weight is 425 g/mol. The molecule has 0 unspecified atom stereocenters. The number of hydrogen-bond donors (Lipinski definition) is 2. The highest BCUT2D eigenvalue weighted by Crippen LogP contribution is 2.42. The van der Waals surface area contributed by atoms with Crippen LogP contribution in [0.3, 0.4) is 0 Å². The molecule has 32 heavy (non-hydrogen) atoms. The van der Waals surface area contributed by atoms with Gasteiger partial charge in [-0.2, -0.15) is 0 Å². The molecule has 2 N–H and O–H groups in total. The van der Waals surface area contributed by atoms with E-state index in [-0.39, 0.29) is 16.6 Å². The molecule has 5 aromatic rings. The van der Waals surface area contributed by atoms with Gasteiger partial charge in [0.25, 0.3) is 0 Å². The highest BCUT2D eigenvalue weighted by molar-refractivity contribution is 6.21. The molecule has 5 rings (SSSR count). The normalized spacial score (nSPS) is 12.8. The second kappa shape index (κ2) is 6.76. The van der Waals surface area contributed by atoms with Gasteiger partial charge in [0.05, 0.1) is 27.6 Å². The third-order valence-corrected chi connectivity index (χ3v) is 6.11. The zero-order valence-corrected chi connectivity index (χ0v) is 19.4. The van der Waals surface area contributed by atoms with Crippen molar-refractivity contribution in [3.8, 4) is 17.1 Å². The second-order valence-corrected chi connectivity index (χ2v) is 10.5. The van der Waals surface area contributed by atoms with Crippen LogP contribution < -0.4 is 0 Å². The second-order valence-electron chi connectivity index (χ2n) is 10.5. The number of rotatable bonds is 1. The summed E-state index contributed by atoms with van der Waals surface area (Å²) in [5.41, 5.74) is 5.93. The molecule has 0 spiro atoms. The highest BCUT2D eigenvalue weighted by Gasteiger charge is 2.27. The summed E-state index contributed by atoms with van der Waals surface area (Å²) < 4.78 is 0. The van der Waals surface area contributed by atoms with Crippen LogP contribution in [0.4, 0.5) is 0 Å². The predicted octanol–water partition coefficient (Wildman–Crippen LogP) is 6.63. The van der Waals surface area contributed by atoms with E-state index >= 15 is 0 Å². The summed E-state index contributed by atoms with van der Waals surface area (Å²) in [5.74, 6) is 0.921. The minimum atomic E-state index is -0.209. The van der Waals surface area contributed by atoms with Crippen LogP contribution in [0.25, 0.3) is 44.2 Å². The molecular formula is C27H28N4O. The van der Waals surface area contributed by atoms with Gasteiger partial charge in [0.15, 0.2) is 0 Å². The van der Waals surface area contributed by atoms with Gasteiger partial charge in [-0.25, -0.2) is 4.98 Å². The molecule has 0 aliphatic rings. The van der Waals surface area contributed by atoms with Crippen LogP contribution in [0, 0.1) is 0 Å². The van der Waals surface area contributed by atoms with Crippen molar-refractivity contribution in [2.45, 2.75) is 52.4 Å². The Labute approximate surface area is 187 Å². The first-order chi connectivity index (χ1) is 15.1. The Balaban J connectivity index is 1.89. The van der Waals surface area contributed by atoms with Gasteiger partial charge < -0.3 is 10.1 Å². The lowest BCUT2D eigenvalue weighted by Gasteiger charge is -2.27. The third-order valence-electron chi connectivity index (χ3n) is 6.11. The van der Waals surface area contributed by atoms with Crippen molar-refractivity contribution in [1.82, 2.24) is 19.9 Å². The smallest absolute Gasteiger partial charge is 0.142 e. The lowest BCUT2D eigenvalue weighted by molar-refractivity contribution is 0.446. The first kappa shape index (κ1) is 20.4. The van der Waals surface area contributed by atoms with E-state index in [1.165, 1.54) is 0 Å². The lowest BCUT2D eigenvalue weighted by atomic mass is 9.79.